The summed E-state index contributed by atoms with van der Waals surface area (Å²) in [4.78, 5) is 6.56. The molecule has 1 unspecified atom stereocenters. The van der Waals surface area contributed by atoms with Gasteiger partial charge in [-0.25, -0.2) is 0 Å². The Labute approximate surface area is 141 Å². The van der Waals surface area contributed by atoms with Gasteiger partial charge in [-0.2, -0.15) is 4.98 Å². The van der Waals surface area contributed by atoms with Gasteiger partial charge in [-0.1, -0.05) is 28.9 Å². The monoisotopic (exact) mass is 342 g/mol. The summed E-state index contributed by atoms with van der Waals surface area (Å²) in [6.45, 7) is 0. The number of halogens is 2. The van der Waals surface area contributed by atoms with Crippen molar-refractivity contribution in [1.29, 1.82) is 0 Å². The minimum atomic E-state index is -0.410. The molecule has 0 bridgehead atoms. The zero-order valence-corrected chi connectivity index (χ0v) is 14.2. The molecule has 0 amide bonds. The van der Waals surface area contributed by atoms with Crippen molar-refractivity contribution in [2.24, 2.45) is 5.73 Å². The van der Waals surface area contributed by atoms with E-state index in [1.807, 2.05) is 43.3 Å². The van der Waals surface area contributed by atoms with Crippen LogP contribution in [0.2, 0.25) is 5.02 Å². The molecule has 0 radical (unpaired) electrons. The van der Waals surface area contributed by atoms with E-state index in [9.17, 15) is 0 Å². The van der Waals surface area contributed by atoms with E-state index in [0.717, 1.165) is 24.8 Å². The average Bonchev–Trinajstić information content (AvgIpc) is 2.85. The van der Waals surface area contributed by atoms with Crippen LogP contribution < -0.4 is 5.73 Å². The molecule has 0 saturated heterocycles. The van der Waals surface area contributed by atoms with E-state index >= 15 is 0 Å². The second-order valence-corrected chi connectivity index (χ2v) is 6.32. The predicted molar refractivity (Wildman–Crippen MR) is 88.2 cm³/mol. The molecular weight excluding hydrogens is 323 g/mol. The third-order valence-corrected chi connectivity index (χ3v) is 4.28. The Kier molecular flexibility index (Phi) is 5.12. The van der Waals surface area contributed by atoms with Crippen LogP contribution in [0.5, 0.6) is 0 Å². The molecule has 1 aromatic heterocycles. The van der Waals surface area contributed by atoms with Gasteiger partial charge in [0, 0.05) is 5.02 Å². The lowest BCUT2D eigenvalue weighted by Gasteiger charge is -2.34. The highest BCUT2D eigenvalue weighted by atomic mass is 35.5. The Morgan fingerprint density at radius 1 is 1.36 bits per heavy atom. The first-order valence-corrected chi connectivity index (χ1v) is 7.42. The van der Waals surface area contributed by atoms with E-state index in [1.54, 1.807) is 0 Å². The summed E-state index contributed by atoms with van der Waals surface area (Å²) >= 11 is 6.09. The lowest BCUT2D eigenvalue weighted by molar-refractivity contribution is 0.225. The van der Waals surface area contributed by atoms with Crippen LogP contribution in [0.1, 0.15) is 42.6 Å². The fourth-order valence-corrected chi connectivity index (χ4v) is 2.87. The molecule has 1 aliphatic rings. The second-order valence-electron chi connectivity index (χ2n) is 5.89. The van der Waals surface area contributed by atoms with Gasteiger partial charge in [0.15, 0.2) is 5.82 Å². The van der Waals surface area contributed by atoms with Crippen LogP contribution in [0.4, 0.5) is 0 Å². The summed E-state index contributed by atoms with van der Waals surface area (Å²) < 4.78 is 5.48. The number of rotatable bonds is 4. The van der Waals surface area contributed by atoms with Gasteiger partial charge in [0.05, 0.1) is 5.54 Å². The summed E-state index contributed by atoms with van der Waals surface area (Å²) in [6, 6.07) is 7.55. The molecule has 0 spiro atoms. The summed E-state index contributed by atoms with van der Waals surface area (Å²) in [5.74, 6) is 1.16. The molecule has 22 heavy (non-hydrogen) atoms. The van der Waals surface area contributed by atoms with Gasteiger partial charge in [-0.15, -0.1) is 12.4 Å². The van der Waals surface area contributed by atoms with Crippen molar-refractivity contribution in [3.05, 3.63) is 46.6 Å². The Hall–Kier alpha value is -1.14. The average molecular weight is 343 g/mol. The topological polar surface area (TPSA) is 68.2 Å². The van der Waals surface area contributed by atoms with Gasteiger partial charge >= 0.3 is 0 Å². The molecule has 3 rings (SSSR count). The quantitative estimate of drug-likeness (QED) is 0.924. The zero-order valence-electron chi connectivity index (χ0n) is 12.6. The Bertz CT molecular complexity index is 640. The van der Waals surface area contributed by atoms with Gasteiger partial charge < -0.3 is 10.3 Å². The molecule has 0 aliphatic heterocycles. The number of aromatic nitrogens is 2. The number of benzene rings is 1. The molecule has 7 heteroatoms. The van der Waals surface area contributed by atoms with Crippen LogP contribution >= 0.6 is 24.0 Å². The van der Waals surface area contributed by atoms with E-state index in [0.29, 0.717) is 16.7 Å². The molecule has 5 nitrogen and oxygen atoms in total. The number of nitrogens with two attached hydrogens (primary N) is 1. The van der Waals surface area contributed by atoms with Crippen molar-refractivity contribution in [2.75, 3.05) is 14.1 Å². The van der Waals surface area contributed by atoms with Gasteiger partial charge in [0.2, 0.25) is 5.89 Å². The molecule has 1 saturated carbocycles. The summed E-state index contributed by atoms with van der Waals surface area (Å²) in [7, 11) is 3.94. The van der Waals surface area contributed by atoms with E-state index in [2.05, 4.69) is 10.1 Å². The maximum Gasteiger partial charge on any atom is 0.248 e. The molecule has 2 aromatic rings. The number of hydrogen-bond acceptors (Lipinski definition) is 5. The van der Waals surface area contributed by atoms with Crippen molar-refractivity contribution in [1.82, 2.24) is 15.0 Å². The number of nitrogens with zero attached hydrogens (tertiary/aromatic N) is 3. The Balaban J connectivity index is 0.00000176. The first-order chi connectivity index (χ1) is 9.99. The third-order valence-electron chi connectivity index (χ3n) is 4.05. The number of hydrogen-bond donors (Lipinski definition) is 1. The van der Waals surface area contributed by atoms with Crippen molar-refractivity contribution in [3.8, 4) is 0 Å². The fraction of sp³-hybridized carbons (Fsp3) is 0.467. The van der Waals surface area contributed by atoms with Crippen molar-refractivity contribution < 1.29 is 4.52 Å². The standard InChI is InChI=1S/C15H19ClN4O.ClH/c1-20(2)12(10-5-3-6-11(16)9-10)13-18-14(19-21-13)15(17)7-4-8-15;/h3,5-6,9,12H,4,7-8,17H2,1-2H3;1H. The highest BCUT2D eigenvalue weighted by Crippen LogP contribution is 2.38. The van der Waals surface area contributed by atoms with Crippen LogP contribution in [-0.2, 0) is 5.54 Å². The Morgan fingerprint density at radius 3 is 2.64 bits per heavy atom. The largest absolute Gasteiger partial charge is 0.337 e. The SMILES string of the molecule is CN(C)C(c1cccc(Cl)c1)c1nc(C2(N)CCC2)no1.Cl. The van der Waals surface area contributed by atoms with E-state index in [4.69, 9.17) is 21.9 Å². The molecule has 1 aliphatic carbocycles. The smallest absolute Gasteiger partial charge is 0.248 e. The minimum Gasteiger partial charge on any atom is -0.337 e. The highest BCUT2D eigenvalue weighted by molar-refractivity contribution is 6.30. The summed E-state index contributed by atoms with van der Waals surface area (Å²) in [6.07, 6.45) is 2.94. The molecule has 1 aromatic carbocycles. The van der Waals surface area contributed by atoms with Crippen LogP contribution in [0.25, 0.3) is 0 Å². The Morgan fingerprint density at radius 2 is 2.09 bits per heavy atom. The summed E-state index contributed by atoms with van der Waals surface area (Å²) in [5.41, 5.74) is 6.86. The van der Waals surface area contributed by atoms with Gasteiger partial charge in [0.1, 0.15) is 6.04 Å². The minimum absolute atomic E-state index is 0. The first-order valence-electron chi connectivity index (χ1n) is 7.04. The second kappa shape index (κ2) is 6.54. The van der Waals surface area contributed by atoms with Crippen LogP contribution in [0.3, 0.4) is 0 Å². The fourth-order valence-electron chi connectivity index (χ4n) is 2.67. The summed E-state index contributed by atoms with van der Waals surface area (Å²) in [5, 5.41) is 4.78. The molecule has 2 N–H and O–H groups in total. The lowest BCUT2D eigenvalue weighted by Crippen LogP contribution is -2.44. The molecule has 1 fully saturated rings. The maximum atomic E-state index is 6.26. The molecule has 120 valence electrons. The van der Waals surface area contributed by atoms with Crippen molar-refractivity contribution >= 4 is 24.0 Å². The normalized spacial score (nSPS) is 17.7. The van der Waals surface area contributed by atoms with E-state index < -0.39 is 5.54 Å². The zero-order chi connectivity index (χ0) is 15.0. The first kappa shape index (κ1) is 17.2. The molecule has 1 atom stereocenters. The highest BCUT2D eigenvalue weighted by Gasteiger charge is 2.39. The molecule has 1 heterocycles. The van der Waals surface area contributed by atoms with Crippen LogP contribution in [-0.4, -0.2) is 29.1 Å². The van der Waals surface area contributed by atoms with Crippen molar-refractivity contribution in [2.45, 2.75) is 30.8 Å². The predicted octanol–water partition coefficient (Wildman–Crippen LogP) is 3.13. The van der Waals surface area contributed by atoms with Gasteiger partial charge in [-0.05, 0) is 51.1 Å². The van der Waals surface area contributed by atoms with E-state index in [-0.39, 0.29) is 18.4 Å². The third kappa shape index (κ3) is 3.13. The maximum absolute atomic E-state index is 6.26. The lowest BCUT2D eigenvalue weighted by atomic mass is 9.77. The van der Waals surface area contributed by atoms with Gasteiger partial charge in [0.25, 0.3) is 0 Å². The van der Waals surface area contributed by atoms with E-state index in [1.165, 1.54) is 0 Å². The van der Waals surface area contributed by atoms with Gasteiger partial charge in [-0.3, -0.25) is 4.90 Å². The van der Waals surface area contributed by atoms with Crippen LogP contribution in [0, 0.1) is 0 Å². The van der Waals surface area contributed by atoms with Crippen molar-refractivity contribution in [3.63, 3.8) is 0 Å². The van der Waals surface area contributed by atoms with Crippen LogP contribution in [0.15, 0.2) is 28.8 Å². The molecular formula is C15H20Cl2N4O.